The summed E-state index contributed by atoms with van der Waals surface area (Å²) in [5.74, 6) is 2.92. The first-order valence-corrected chi connectivity index (χ1v) is 7.26. The average molecular weight is 284 g/mol. The molecule has 0 saturated heterocycles. The van der Waals surface area contributed by atoms with Crippen LogP contribution in [0.3, 0.4) is 0 Å². The average Bonchev–Trinajstić information content (AvgIpc) is 3.04. The lowest BCUT2D eigenvalue weighted by Gasteiger charge is -2.12. The Labute approximate surface area is 124 Å². The van der Waals surface area contributed by atoms with Gasteiger partial charge < -0.3 is 14.2 Å². The Bertz CT molecular complexity index is 755. The van der Waals surface area contributed by atoms with E-state index in [-0.39, 0.29) is 6.04 Å². The van der Waals surface area contributed by atoms with Gasteiger partial charge in [-0.15, -0.1) is 0 Å². The molecule has 1 aromatic carbocycles. The van der Waals surface area contributed by atoms with Crippen LogP contribution in [0.4, 0.5) is 5.69 Å². The van der Waals surface area contributed by atoms with Crippen molar-refractivity contribution >= 4 is 16.8 Å². The molecule has 0 fully saturated rings. The molecule has 1 N–H and O–H groups in total. The third-order valence-corrected chi connectivity index (χ3v) is 3.47. The van der Waals surface area contributed by atoms with Crippen LogP contribution in [0, 0.1) is 6.92 Å². The van der Waals surface area contributed by atoms with Gasteiger partial charge in [-0.1, -0.05) is 13.8 Å². The van der Waals surface area contributed by atoms with Crippen molar-refractivity contribution in [1.29, 1.82) is 0 Å². The smallest absolute Gasteiger partial charge is 0.198 e. The van der Waals surface area contributed by atoms with Crippen LogP contribution < -0.4 is 5.32 Å². The number of oxazole rings is 1. The summed E-state index contributed by atoms with van der Waals surface area (Å²) in [7, 11) is 0. The van der Waals surface area contributed by atoms with Crippen LogP contribution in [0.15, 0.2) is 39.2 Å². The van der Waals surface area contributed by atoms with E-state index in [1.165, 1.54) is 0 Å². The highest BCUT2D eigenvalue weighted by Crippen LogP contribution is 2.26. The van der Waals surface area contributed by atoms with Crippen molar-refractivity contribution in [2.24, 2.45) is 0 Å². The molecule has 0 amide bonds. The number of benzene rings is 1. The van der Waals surface area contributed by atoms with E-state index in [0.29, 0.717) is 5.92 Å². The number of nitrogens with one attached hydrogen (secondary N) is 1. The molecule has 1 atom stereocenters. The second-order valence-corrected chi connectivity index (χ2v) is 5.70. The Hall–Kier alpha value is -2.23. The number of hydrogen-bond acceptors (Lipinski definition) is 4. The van der Waals surface area contributed by atoms with Gasteiger partial charge in [-0.2, -0.15) is 0 Å². The Morgan fingerprint density at radius 1 is 1.05 bits per heavy atom. The predicted octanol–water partition coefficient (Wildman–Crippen LogP) is 5.03. The first-order chi connectivity index (χ1) is 10.0. The van der Waals surface area contributed by atoms with Crippen LogP contribution in [-0.4, -0.2) is 4.98 Å². The van der Waals surface area contributed by atoms with Crippen molar-refractivity contribution in [2.75, 3.05) is 5.32 Å². The zero-order valence-corrected chi connectivity index (χ0v) is 12.8. The van der Waals surface area contributed by atoms with E-state index >= 15 is 0 Å². The fraction of sp³-hybridized carbons (Fsp3) is 0.353. The molecule has 0 saturated carbocycles. The second kappa shape index (κ2) is 5.28. The number of anilines is 1. The minimum atomic E-state index is 0.104. The summed E-state index contributed by atoms with van der Waals surface area (Å²) in [5, 5.41) is 3.43. The third-order valence-electron chi connectivity index (χ3n) is 3.47. The van der Waals surface area contributed by atoms with Gasteiger partial charge in [0.15, 0.2) is 11.5 Å². The SMILES string of the molecule is Cc1ccc(C(C)Nc2ccc3oc(C(C)C)nc3c2)o1. The van der Waals surface area contributed by atoms with Crippen molar-refractivity contribution in [2.45, 2.75) is 39.7 Å². The van der Waals surface area contributed by atoms with Crippen LogP contribution in [-0.2, 0) is 0 Å². The maximum atomic E-state index is 5.72. The monoisotopic (exact) mass is 284 g/mol. The van der Waals surface area contributed by atoms with Gasteiger partial charge in [-0.25, -0.2) is 4.98 Å². The van der Waals surface area contributed by atoms with Crippen LogP contribution >= 0.6 is 0 Å². The summed E-state index contributed by atoms with van der Waals surface area (Å²) < 4.78 is 11.4. The van der Waals surface area contributed by atoms with Gasteiger partial charge in [0.1, 0.15) is 17.0 Å². The number of aryl methyl sites for hydroxylation is 1. The minimum absolute atomic E-state index is 0.104. The largest absolute Gasteiger partial charge is 0.464 e. The molecular formula is C17H20N2O2. The molecule has 0 radical (unpaired) electrons. The highest BCUT2D eigenvalue weighted by Gasteiger charge is 2.12. The van der Waals surface area contributed by atoms with Gasteiger partial charge in [0.25, 0.3) is 0 Å². The fourth-order valence-electron chi connectivity index (χ4n) is 2.29. The van der Waals surface area contributed by atoms with Gasteiger partial charge >= 0.3 is 0 Å². The molecule has 3 aromatic rings. The zero-order valence-electron chi connectivity index (χ0n) is 12.8. The van der Waals surface area contributed by atoms with Crippen molar-refractivity contribution in [3.8, 4) is 0 Å². The molecule has 3 rings (SSSR count). The normalized spacial score (nSPS) is 13.0. The van der Waals surface area contributed by atoms with Gasteiger partial charge in [0.2, 0.25) is 0 Å². The topological polar surface area (TPSA) is 51.2 Å². The molecule has 4 nitrogen and oxygen atoms in total. The maximum Gasteiger partial charge on any atom is 0.198 e. The molecule has 2 heterocycles. The number of furan rings is 1. The van der Waals surface area contributed by atoms with Crippen LogP contribution in [0.2, 0.25) is 0 Å². The van der Waals surface area contributed by atoms with Gasteiger partial charge in [-0.05, 0) is 44.2 Å². The molecule has 0 aliphatic rings. The standard InChI is InChI=1S/C17H20N2O2/c1-10(2)17-19-14-9-13(6-8-16(14)21-17)18-12(4)15-7-5-11(3)20-15/h5-10,12,18H,1-4H3. The highest BCUT2D eigenvalue weighted by molar-refractivity contribution is 5.77. The third kappa shape index (κ3) is 2.79. The van der Waals surface area contributed by atoms with E-state index < -0.39 is 0 Å². The molecule has 1 unspecified atom stereocenters. The van der Waals surface area contributed by atoms with Crippen LogP contribution in [0.25, 0.3) is 11.1 Å². The van der Waals surface area contributed by atoms with E-state index in [2.05, 4.69) is 31.1 Å². The summed E-state index contributed by atoms with van der Waals surface area (Å²) >= 11 is 0. The van der Waals surface area contributed by atoms with Gasteiger partial charge in [0, 0.05) is 11.6 Å². The second-order valence-electron chi connectivity index (χ2n) is 5.70. The Morgan fingerprint density at radius 2 is 1.86 bits per heavy atom. The number of hydrogen-bond donors (Lipinski definition) is 1. The van der Waals surface area contributed by atoms with Gasteiger partial charge in [0.05, 0.1) is 6.04 Å². The van der Waals surface area contributed by atoms with E-state index in [0.717, 1.165) is 34.2 Å². The molecule has 0 spiro atoms. The van der Waals surface area contributed by atoms with Crippen molar-refractivity contribution < 1.29 is 8.83 Å². The molecule has 0 aliphatic heterocycles. The van der Waals surface area contributed by atoms with Gasteiger partial charge in [-0.3, -0.25) is 0 Å². The Morgan fingerprint density at radius 3 is 2.52 bits per heavy atom. The lowest BCUT2D eigenvalue weighted by atomic mass is 10.2. The molecule has 0 aliphatic carbocycles. The highest BCUT2D eigenvalue weighted by atomic mass is 16.3. The minimum Gasteiger partial charge on any atom is -0.464 e. The first-order valence-electron chi connectivity index (χ1n) is 7.26. The van der Waals surface area contributed by atoms with Crippen molar-refractivity contribution in [1.82, 2.24) is 4.98 Å². The Balaban J connectivity index is 1.83. The zero-order chi connectivity index (χ0) is 15.0. The first kappa shape index (κ1) is 13.7. The number of aromatic nitrogens is 1. The predicted molar refractivity (Wildman–Crippen MR) is 83.6 cm³/mol. The van der Waals surface area contributed by atoms with Crippen molar-refractivity contribution in [3.63, 3.8) is 0 Å². The molecule has 110 valence electrons. The fourth-order valence-corrected chi connectivity index (χ4v) is 2.29. The summed E-state index contributed by atoms with van der Waals surface area (Å²) in [5.41, 5.74) is 2.71. The molecule has 0 bridgehead atoms. The molecular weight excluding hydrogens is 264 g/mol. The summed E-state index contributed by atoms with van der Waals surface area (Å²) in [6.45, 7) is 8.17. The van der Waals surface area contributed by atoms with E-state index in [4.69, 9.17) is 8.83 Å². The Kier molecular flexibility index (Phi) is 3.45. The summed E-state index contributed by atoms with van der Waals surface area (Å²) in [4.78, 5) is 4.53. The summed E-state index contributed by atoms with van der Waals surface area (Å²) in [6.07, 6.45) is 0. The molecule has 2 aromatic heterocycles. The van der Waals surface area contributed by atoms with E-state index in [1.807, 2.05) is 37.3 Å². The van der Waals surface area contributed by atoms with Crippen molar-refractivity contribution in [3.05, 3.63) is 47.7 Å². The number of nitrogens with zero attached hydrogens (tertiary/aromatic N) is 1. The number of rotatable bonds is 4. The number of fused-ring (bicyclic) bond motifs is 1. The lowest BCUT2D eigenvalue weighted by Crippen LogP contribution is -2.05. The van der Waals surface area contributed by atoms with Crippen LogP contribution in [0.5, 0.6) is 0 Å². The quantitative estimate of drug-likeness (QED) is 0.730. The van der Waals surface area contributed by atoms with E-state index in [1.54, 1.807) is 0 Å². The maximum absolute atomic E-state index is 5.72. The van der Waals surface area contributed by atoms with Crippen LogP contribution in [0.1, 0.15) is 50.1 Å². The summed E-state index contributed by atoms with van der Waals surface area (Å²) in [6, 6.07) is 10.0. The lowest BCUT2D eigenvalue weighted by molar-refractivity contribution is 0.467. The molecule has 4 heteroatoms. The molecule has 21 heavy (non-hydrogen) atoms. The van der Waals surface area contributed by atoms with E-state index in [9.17, 15) is 0 Å².